The maximum Gasteiger partial charge on any atom is 0.190 e. The van der Waals surface area contributed by atoms with Gasteiger partial charge in [0.2, 0.25) is 0 Å². The average Bonchev–Trinajstić information content (AvgIpc) is 2.45. The van der Waals surface area contributed by atoms with E-state index in [-0.39, 0.29) is 0 Å². The summed E-state index contributed by atoms with van der Waals surface area (Å²) in [6, 6.07) is 9.31. The third kappa shape index (κ3) is 3.53. The molecule has 0 radical (unpaired) electrons. The molecule has 5 nitrogen and oxygen atoms in total. The second kappa shape index (κ2) is 6.01. The summed E-state index contributed by atoms with van der Waals surface area (Å²) in [7, 11) is 3.90. The molecule has 0 aliphatic heterocycles. The molecule has 1 aromatic carbocycles. The van der Waals surface area contributed by atoms with Crippen molar-refractivity contribution in [3.8, 4) is 0 Å². The molecule has 2 atom stereocenters. The molecule has 1 aromatic rings. The van der Waals surface area contributed by atoms with E-state index in [2.05, 4.69) is 22.9 Å². The van der Waals surface area contributed by atoms with E-state index in [1.165, 1.54) is 0 Å². The topological polar surface area (TPSA) is 74.2 Å². The lowest BCUT2D eigenvalue weighted by molar-refractivity contribution is 0.0799. The summed E-state index contributed by atoms with van der Waals surface area (Å²) in [5.74, 6) is 0. The predicted molar refractivity (Wildman–Crippen MR) is 87.3 cm³/mol. The molecule has 1 aliphatic rings. The lowest BCUT2D eigenvalue weighted by Gasteiger charge is -2.37. The van der Waals surface area contributed by atoms with Gasteiger partial charge in [-0.05, 0) is 24.3 Å². The van der Waals surface area contributed by atoms with E-state index < -0.39 is 10.6 Å². The fourth-order valence-corrected chi connectivity index (χ4v) is 2.22. The van der Waals surface area contributed by atoms with Crippen molar-refractivity contribution in [2.75, 3.05) is 14.1 Å². The van der Waals surface area contributed by atoms with E-state index in [1.54, 1.807) is 6.08 Å². The van der Waals surface area contributed by atoms with Gasteiger partial charge >= 0.3 is 0 Å². The molecule has 0 bridgehead atoms. The largest absolute Gasteiger partial charge is 0.378 e. The van der Waals surface area contributed by atoms with Crippen LogP contribution in [0.3, 0.4) is 0 Å². The van der Waals surface area contributed by atoms with Crippen LogP contribution in [0.2, 0.25) is 0 Å². The molecular weight excluding hydrogens is 284 g/mol. The summed E-state index contributed by atoms with van der Waals surface area (Å²) in [4.78, 5) is 1.98. The molecule has 112 valence electrons. The van der Waals surface area contributed by atoms with Crippen LogP contribution in [0.4, 0.5) is 5.69 Å². The van der Waals surface area contributed by atoms with E-state index in [9.17, 15) is 5.11 Å². The Hall–Kier alpha value is -1.63. The lowest BCUT2D eigenvalue weighted by Crippen LogP contribution is -2.54. The van der Waals surface area contributed by atoms with Crippen molar-refractivity contribution < 1.29 is 5.11 Å². The van der Waals surface area contributed by atoms with Crippen molar-refractivity contribution in [1.29, 1.82) is 0 Å². The predicted octanol–water partition coefficient (Wildman–Crippen LogP) is 2.45. The average molecular weight is 304 g/mol. The highest BCUT2D eigenvalue weighted by Gasteiger charge is 2.45. The van der Waals surface area contributed by atoms with E-state index in [0.29, 0.717) is 12.1 Å². The number of hydrogen-bond donors (Lipinski definition) is 3. The van der Waals surface area contributed by atoms with Gasteiger partial charge in [-0.1, -0.05) is 24.3 Å². The highest BCUT2D eigenvalue weighted by molar-refractivity contribution is 7.81. The molecule has 0 aromatic heterocycles. The van der Waals surface area contributed by atoms with Crippen molar-refractivity contribution in [2.24, 2.45) is 16.0 Å². The Kier molecular flexibility index (Phi) is 4.51. The number of benzene rings is 1. The van der Waals surface area contributed by atoms with Gasteiger partial charge < -0.3 is 10.0 Å². The van der Waals surface area contributed by atoms with Crippen LogP contribution in [0, 0.1) is 0 Å². The van der Waals surface area contributed by atoms with Crippen LogP contribution in [0.25, 0.3) is 0 Å². The Morgan fingerprint density at radius 3 is 2.48 bits per heavy atom. The van der Waals surface area contributed by atoms with Gasteiger partial charge in [-0.2, -0.15) is 10.2 Å². The van der Waals surface area contributed by atoms with Gasteiger partial charge in [-0.3, -0.25) is 5.73 Å². The first-order chi connectivity index (χ1) is 9.84. The van der Waals surface area contributed by atoms with E-state index >= 15 is 0 Å². The second-order valence-corrected chi connectivity index (χ2v) is 5.93. The highest BCUT2D eigenvalue weighted by atomic mass is 32.1. The first-order valence-corrected chi connectivity index (χ1v) is 7.07. The number of allylic oxidation sites excluding steroid dienone is 1. The molecule has 2 rings (SSSR count). The van der Waals surface area contributed by atoms with Crippen molar-refractivity contribution in [3.63, 3.8) is 0 Å². The van der Waals surface area contributed by atoms with E-state index in [4.69, 9.17) is 5.73 Å². The number of likely N-dealkylation sites (N-methyl/N-ethyl adjacent to an activating group) is 1. The summed E-state index contributed by atoms with van der Waals surface area (Å²) in [5.41, 5.74) is 6.44. The monoisotopic (exact) mass is 304 g/mol. The van der Waals surface area contributed by atoms with Gasteiger partial charge in [0.05, 0.1) is 5.69 Å². The number of nitrogens with zero attached hydrogens (tertiary/aromatic N) is 3. The standard InChI is InChI=1S/C15H20N4OS/c1-19(2)13-8-10-14(11-9-13,15(16,20)21)18-17-12-6-4-3-5-7-12/h3-10,20-21H,11,16H2,1-2H3/t14-,15-/m1/s1. The summed E-state index contributed by atoms with van der Waals surface area (Å²) in [6.07, 6.45) is 5.99. The van der Waals surface area contributed by atoms with E-state index in [0.717, 1.165) is 5.70 Å². The molecule has 0 heterocycles. The van der Waals surface area contributed by atoms with Gasteiger partial charge in [-0.15, -0.1) is 12.6 Å². The summed E-state index contributed by atoms with van der Waals surface area (Å²) >= 11 is 4.10. The van der Waals surface area contributed by atoms with Gasteiger partial charge in [0.1, 0.15) is 0 Å². The van der Waals surface area contributed by atoms with E-state index in [1.807, 2.05) is 61.5 Å². The summed E-state index contributed by atoms with van der Waals surface area (Å²) in [5, 5.41) is 16.8. The lowest BCUT2D eigenvalue weighted by atomic mass is 9.89. The summed E-state index contributed by atoms with van der Waals surface area (Å²) in [6.45, 7) is 0. The van der Waals surface area contributed by atoms with Crippen LogP contribution in [0.5, 0.6) is 0 Å². The third-order valence-electron chi connectivity index (χ3n) is 3.41. The quantitative estimate of drug-likeness (QED) is 0.454. The molecule has 0 unspecified atom stereocenters. The minimum Gasteiger partial charge on any atom is -0.378 e. The molecule has 0 fully saturated rings. The maximum atomic E-state index is 10.2. The number of thiol groups is 1. The Labute approximate surface area is 130 Å². The Morgan fingerprint density at radius 2 is 2.00 bits per heavy atom. The molecule has 0 amide bonds. The fraction of sp³-hybridized carbons (Fsp3) is 0.333. The third-order valence-corrected chi connectivity index (χ3v) is 3.79. The van der Waals surface area contributed by atoms with Crippen LogP contribution in [-0.4, -0.2) is 34.7 Å². The van der Waals surface area contributed by atoms with Gasteiger partial charge in [0.15, 0.2) is 10.6 Å². The zero-order valence-corrected chi connectivity index (χ0v) is 13.0. The van der Waals surface area contributed by atoms with Crippen LogP contribution in [0.15, 0.2) is 64.5 Å². The smallest absolute Gasteiger partial charge is 0.190 e. The van der Waals surface area contributed by atoms with Crippen LogP contribution < -0.4 is 5.73 Å². The number of rotatable bonds is 4. The molecule has 1 aliphatic carbocycles. The van der Waals surface area contributed by atoms with Gasteiger partial charge in [-0.25, -0.2) is 0 Å². The Morgan fingerprint density at radius 1 is 1.33 bits per heavy atom. The molecular formula is C15H20N4OS. The SMILES string of the molecule is CN(C)C1=CC[C@@](N=Nc2ccccc2)([C@@](N)(O)S)C=C1. The van der Waals surface area contributed by atoms with Crippen LogP contribution in [0.1, 0.15) is 6.42 Å². The molecule has 0 saturated carbocycles. The first-order valence-electron chi connectivity index (χ1n) is 6.62. The maximum absolute atomic E-state index is 10.2. The minimum absolute atomic E-state index is 0.420. The molecule has 0 spiro atoms. The zero-order valence-electron chi connectivity index (χ0n) is 12.1. The number of nitrogens with two attached hydrogens (primary N) is 1. The fourth-order valence-electron chi connectivity index (χ4n) is 2.01. The van der Waals surface area contributed by atoms with Gasteiger partial charge in [0.25, 0.3) is 0 Å². The normalized spacial score (nSPS) is 24.7. The van der Waals surface area contributed by atoms with Gasteiger partial charge in [0, 0.05) is 26.2 Å². The first kappa shape index (κ1) is 15.8. The zero-order chi connectivity index (χ0) is 15.5. The van der Waals surface area contributed by atoms with Crippen LogP contribution in [-0.2, 0) is 0 Å². The Balaban J connectivity index is 2.30. The Bertz CT molecular complexity index is 575. The van der Waals surface area contributed by atoms with Crippen molar-refractivity contribution in [1.82, 2.24) is 4.90 Å². The molecule has 21 heavy (non-hydrogen) atoms. The number of azo groups is 1. The van der Waals surface area contributed by atoms with Crippen LogP contribution >= 0.6 is 12.6 Å². The molecule has 3 N–H and O–H groups in total. The van der Waals surface area contributed by atoms with Crippen molar-refractivity contribution in [3.05, 3.63) is 54.3 Å². The molecule has 6 heteroatoms. The second-order valence-electron chi connectivity index (χ2n) is 5.25. The number of aliphatic hydroxyl groups is 1. The van der Waals surface area contributed by atoms with Crippen molar-refractivity contribution >= 4 is 18.3 Å². The highest BCUT2D eigenvalue weighted by Crippen LogP contribution is 2.36. The molecule has 0 saturated heterocycles. The number of hydrogen-bond acceptors (Lipinski definition) is 6. The van der Waals surface area contributed by atoms with Crippen molar-refractivity contribution in [2.45, 2.75) is 17.0 Å². The summed E-state index contributed by atoms with van der Waals surface area (Å²) < 4.78 is 0. The minimum atomic E-state index is -1.80.